The molecule has 16 heavy (non-hydrogen) atoms. The van der Waals surface area contributed by atoms with E-state index in [1.165, 1.54) is 0 Å². The second-order valence-electron chi connectivity index (χ2n) is 4.06. The summed E-state index contributed by atoms with van der Waals surface area (Å²) >= 11 is 3.43. The fourth-order valence-electron chi connectivity index (χ4n) is 1.71. The summed E-state index contributed by atoms with van der Waals surface area (Å²) in [5, 5.41) is 1.13. The molecule has 1 aromatic heterocycles. The third-order valence-corrected chi connectivity index (χ3v) is 3.06. The quantitative estimate of drug-likeness (QED) is 0.654. The average Bonchev–Trinajstić information content (AvgIpc) is 2.26. The maximum absolute atomic E-state index is 5.49. The Balaban J connectivity index is 2.70. The molecule has 84 valence electrons. The molecule has 0 amide bonds. The van der Waals surface area contributed by atoms with Gasteiger partial charge in [-0.05, 0) is 29.7 Å². The lowest BCUT2D eigenvalue weighted by atomic mass is 10.0. The van der Waals surface area contributed by atoms with Gasteiger partial charge in [-0.2, -0.15) is 0 Å². The topological polar surface area (TPSA) is 50.9 Å². The predicted octanol–water partition coefficient (Wildman–Crippen LogP) is 3.41. The number of hydrogen-bond donors (Lipinski definition) is 2. The van der Waals surface area contributed by atoms with Crippen LogP contribution in [0.5, 0.6) is 0 Å². The largest absolute Gasteiger partial charge is 0.308 e. The zero-order valence-corrected chi connectivity index (χ0v) is 10.9. The number of halogens is 1. The monoisotopic (exact) mass is 279 g/mol. The Morgan fingerprint density at radius 1 is 1.31 bits per heavy atom. The van der Waals surface area contributed by atoms with Gasteiger partial charge in [0.15, 0.2) is 0 Å². The van der Waals surface area contributed by atoms with Crippen molar-refractivity contribution in [2.24, 2.45) is 5.84 Å². The van der Waals surface area contributed by atoms with Gasteiger partial charge >= 0.3 is 0 Å². The average molecular weight is 280 g/mol. The van der Waals surface area contributed by atoms with Crippen molar-refractivity contribution in [3.05, 3.63) is 34.3 Å². The molecule has 0 unspecified atom stereocenters. The van der Waals surface area contributed by atoms with E-state index >= 15 is 0 Å². The molecule has 0 saturated heterocycles. The van der Waals surface area contributed by atoms with Crippen LogP contribution in [0.15, 0.2) is 28.7 Å². The van der Waals surface area contributed by atoms with Crippen molar-refractivity contribution in [3.8, 4) is 0 Å². The Morgan fingerprint density at radius 3 is 2.69 bits per heavy atom. The van der Waals surface area contributed by atoms with Gasteiger partial charge in [0.1, 0.15) is 5.82 Å². The Hall–Kier alpha value is -1.13. The first kappa shape index (κ1) is 11.4. The number of aromatic nitrogens is 1. The molecule has 0 radical (unpaired) electrons. The van der Waals surface area contributed by atoms with Gasteiger partial charge in [-0.25, -0.2) is 10.8 Å². The summed E-state index contributed by atoms with van der Waals surface area (Å²) in [6.45, 7) is 4.26. The Kier molecular flexibility index (Phi) is 3.12. The molecule has 3 nitrogen and oxygen atoms in total. The molecule has 4 heteroatoms. The maximum atomic E-state index is 5.49. The lowest BCUT2D eigenvalue weighted by Gasteiger charge is -2.12. The lowest BCUT2D eigenvalue weighted by Crippen LogP contribution is -2.11. The molecule has 0 bridgehead atoms. The van der Waals surface area contributed by atoms with Crippen LogP contribution in [-0.4, -0.2) is 4.98 Å². The van der Waals surface area contributed by atoms with E-state index in [9.17, 15) is 0 Å². The van der Waals surface area contributed by atoms with Crippen LogP contribution < -0.4 is 11.3 Å². The molecule has 0 spiro atoms. The number of nitrogens with zero attached hydrogens (tertiary/aromatic N) is 1. The number of fused-ring (bicyclic) bond motifs is 1. The number of pyridine rings is 1. The summed E-state index contributed by atoms with van der Waals surface area (Å²) in [5.41, 5.74) is 4.74. The third-order valence-electron chi connectivity index (χ3n) is 2.57. The summed E-state index contributed by atoms with van der Waals surface area (Å²) in [4.78, 5) is 4.51. The number of hydrazine groups is 1. The third kappa shape index (κ3) is 2.03. The number of nitrogen functional groups attached to an aromatic ring is 1. The van der Waals surface area contributed by atoms with Crippen molar-refractivity contribution in [1.29, 1.82) is 0 Å². The van der Waals surface area contributed by atoms with Crippen LogP contribution in [0.2, 0.25) is 0 Å². The van der Waals surface area contributed by atoms with Crippen molar-refractivity contribution < 1.29 is 0 Å². The standard InChI is InChI=1S/C12H14BrN3/c1-7(2)10-5-8-3-4-9(13)6-11(8)15-12(10)16-14/h3-7H,14H2,1-2H3,(H,15,16). The van der Waals surface area contributed by atoms with Crippen LogP contribution in [0.3, 0.4) is 0 Å². The van der Waals surface area contributed by atoms with Gasteiger partial charge < -0.3 is 5.43 Å². The summed E-state index contributed by atoms with van der Waals surface area (Å²) in [7, 11) is 0. The number of hydrogen-bond acceptors (Lipinski definition) is 3. The van der Waals surface area contributed by atoms with E-state index in [1.54, 1.807) is 0 Å². The minimum absolute atomic E-state index is 0.395. The summed E-state index contributed by atoms with van der Waals surface area (Å²) in [6.07, 6.45) is 0. The molecular weight excluding hydrogens is 266 g/mol. The van der Waals surface area contributed by atoms with Gasteiger partial charge in [-0.1, -0.05) is 35.8 Å². The number of benzene rings is 1. The van der Waals surface area contributed by atoms with Gasteiger partial charge in [0.25, 0.3) is 0 Å². The fraction of sp³-hybridized carbons (Fsp3) is 0.250. The van der Waals surface area contributed by atoms with Crippen molar-refractivity contribution in [3.63, 3.8) is 0 Å². The second-order valence-corrected chi connectivity index (χ2v) is 4.98. The highest BCUT2D eigenvalue weighted by Gasteiger charge is 2.09. The van der Waals surface area contributed by atoms with Crippen molar-refractivity contribution in [1.82, 2.24) is 4.98 Å². The minimum atomic E-state index is 0.395. The molecule has 0 saturated carbocycles. The van der Waals surface area contributed by atoms with Gasteiger partial charge in [0.05, 0.1) is 5.52 Å². The second kappa shape index (κ2) is 4.39. The fourth-order valence-corrected chi connectivity index (χ4v) is 2.06. The van der Waals surface area contributed by atoms with Crippen LogP contribution in [0, 0.1) is 0 Å². The molecule has 0 atom stereocenters. The predicted molar refractivity (Wildman–Crippen MR) is 71.3 cm³/mol. The molecule has 1 aromatic carbocycles. The van der Waals surface area contributed by atoms with E-state index < -0.39 is 0 Å². The van der Waals surface area contributed by atoms with Crippen molar-refractivity contribution in [2.45, 2.75) is 19.8 Å². The van der Waals surface area contributed by atoms with E-state index in [0.29, 0.717) is 5.92 Å². The zero-order chi connectivity index (χ0) is 11.7. The highest BCUT2D eigenvalue weighted by molar-refractivity contribution is 9.10. The summed E-state index contributed by atoms with van der Waals surface area (Å²) < 4.78 is 1.02. The first-order chi connectivity index (χ1) is 7.61. The van der Waals surface area contributed by atoms with E-state index in [1.807, 2.05) is 12.1 Å². The van der Waals surface area contributed by atoms with Gasteiger partial charge in [-0.15, -0.1) is 0 Å². The van der Waals surface area contributed by atoms with Crippen LogP contribution in [0.1, 0.15) is 25.3 Å². The van der Waals surface area contributed by atoms with E-state index in [0.717, 1.165) is 26.8 Å². The highest BCUT2D eigenvalue weighted by atomic mass is 79.9. The Bertz CT molecular complexity index is 523. The van der Waals surface area contributed by atoms with Crippen LogP contribution in [-0.2, 0) is 0 Å². The molecular formula is C12H14BrN3. The van der Waals surface area contributed by atoms with E-state index in [2.05, 4.69) is 52.3 Å². The zero-order valence-electron chi connectivity index (χ0n) is 9.29. The van der Waals surface area contributed by atoms with Gasteiger partial charge in [0.2, 0.25) is 0 Å². The van der Waals surface area contributed by atoms with Crippen LogP contribution in [0.4, 0.5) is 5.82 Å². The van der Waals surface area contributed by atoms with Crippen LogP contribution in [0.25, 0.3) is 10.9 Å². The van der Waals surface area contributed by atoms with E-state index in [4.69, 9.17) is 5.84 Å². The number of rotatable bonds is 2. The van der Waals surface area contributed by atoms with Crippen molar-refractivity contribution >= 4 is 32.7 Å². The first-order valence-electron chi connectivity index (χ1n) is 5.18. The molecule has 1 heterocycles. The molecule has 0 fully saturated rings. The molecule has 0 aliphatic carbocycles. The summed E-state index contributed by atoms with van der Waals surface area (Å²) in [6, 6.07) is 8.19. The highest BCUT2D eigenvalue weighted by Crippen LogP contribution is 2.27. The summed E-state index contributed by atoms with van der Waals surface area (Å²) in [5.74, 6) is 6.64. The number of nitrogens with two attached hydrogens (primary N) is 1. The maximum Gasteiger partial charge on any atom is 0.144 e. The first-order valence-corrected chi connectivity index (χ1v) is 5.98. The van der Waals surface area contributed by atoms with Gasteiger partial charge in [-0.3, -0.25) is 0 Å². The minimum Gasteiger partial charge on any atom is -0.308 e. The number of anilines is 1. The Labute approximate surface area is 103 Å². The smallest absolute Gasteiger partial charge is 0.144 e. The molecule has 2 aromatic rings. The SMILES string of the molecule is CC(C)c1cc2ccc(Br)cc2nc1NN. The van der Waals surface area contributed by atoms with Gasteiger partial charge in [0, 0.05) is 9.86 Å². The molecule has 3 N–H and O–H groups in total. The normalized spacial score (nSPS) is 11.1. The molecule has 0 aliphatic rings. The van der Waals surface area contributed by atoms with E-state index in [-0.39, 0.29) is 0 Å². The molecule has 0 aliphatic heterocycles. The Morgan fingerprint density at radius 2 is 2.06 bits per heavy atom. The van der Waals surface area contributed by atoms with Crippen LogP contribution >= 0.6 is 15.9 Å². The molecule has 2 rings (SSSR count). The lowest BCUT2D eigenvalue weighted by molar-refractivity contribution is 0.862. The number of nitrogens with one attached hydrogen (secondary N) is 1. The van der Waals surface area contributed by atoms with Crippen molar-refractivity contribution in [2.75, 3.05) is 5.43 Å².